The van der Waals surface area contributed by atoms with Crippen LogP contribution in [0.1, 0.15) is 31.2 Å². The molecule has 0 aliphatic heterocycles. The molecule has 3 rings (SSSR count). The first kappa shape index (κ1) is 21.8. The number of phenolic OH excluding ortho intramolecular Hbond substituents is 1. The highest BCUT2D eigenvalue weighted by Gasteiger charge is 2.24. The Morgan fingerprint density at radius 1 is 1.07 bits per heavy atom. The van der Waals surface area contributed by atoms with Gasteiger partial charge in [-0.05, 0) is 30.3 Å². The average molecular weight is 487 g/mol. The van der Waals surface area contributed by atoms with Crippen molar-refractivity contribution in [3.05, 3.63) is 62.2 Å². The molecule has 8 nitrogen and oxygen atoms in total. The van der Waals surface area contributed by atoms with Crippen LogP contribution in [0.5, 0.6) is 5.75 Å². The van der Waals surface area contributed by atoms with E-state index >= 15 is 0 Å². The van der Waals surface area contributed by atoms with Crippen molar-refractivity contribution in [2.24, 2.45) is 5.73 Å². The lowest BCUT2D eigenvalue weighted by Gasteiger charge is -2.08. The van der Waals surface area contributed by atoms with Gasteiger partial charge >= 0.3 is 5.97 Å². The van der Waals surface area contributed by atoms with E-state index in [9.17, 15) is 24.6 Å². The molecule has 0 spiro atoms. The van der Waals surface area contributed by atoms with Gasteiger partial charge in [0.2, 0.25) is 5.91 Å². The highest BCUT2D eigenvalue weighted by atomic mass is 35.5. The van der Waals surface area contributed by atoms with E-state index in [1.807, 2.05) is 0 Å². The first-order valence-electron chi connectivity index (χ1n) is 7.91. The number of carboxylic acids is 1. The van der Waals surface area contributed by atoms with Gasteiger partial charge in [-0.15, -0.1) is 0 Å². The first-order valence-corrected chi connectivity index (χ1v) is 9.86. The number of hydrogen-bond acceptors (Lipinski definition) is 6. The molecule has 0 bridgehead atoms. The third-order valence-corrected chi connectivity index (χ3v) is 5.62. The Bertz CT molecular complexity index is 1190. The largest absolute Gasteiger partial charge is 0.507 e. The Kier molecular flexibility index (Phi) is 6.18. The summed E-state index contributed by atoms with van der Waals surface area (Å²) in [6.45, 7) is 0. The normalized spacial score (nSPS) is 10.6. The Balaban J connectivity index is 2.01. The lowest BCUT2D eigenvalue weighted by molar-refractivity contribution is 0.0692. The summed E-state index contributed by atoms with van der Waals surface area (Å²) in [7, 11) is 0. The number of carboxylic acid groups (broad SMARTS) is 1. The second-order valence-electron chi connectivity index (χ2n) is 5.80. The number of carbonyl (C=O) groups excluding carboxylic acids is 2. The number of primary amides is 1. The minimum atomic E-state index is -1.41. The smallest absolute Gasteiger partial charge is 0.357 e. The summed E-state index contributed by atoms with van der Waals surface area (Å²) in [5.41, 5.74) is 4.83. The van der Waals surface area contributed by atoms with Crippen LogP contribution in [0, 0.1) is 0 Å². The zero-order chi connectivity index (χ0) is 22.2. The molecule has 154 valence electrons. The van der Waals surface area contributed by atoms with Gasteiger partial charge in [-0.2, -0.15) is 0 Å². The zero-order valence-corrected chi connectivity index (χ0v) is 17.7. The Hall–Kier alpha value is -2.85. The molecule has 2 aromatic carbocycles. The number of amides is 2. The number of aromatic nitrogens is 1. The van der Waals surface area contributed by atoms with E-state index in [0.29, 0.717) is 0 Å². The van der Waals surface area contributed by atoms with Crippen molar-refractivity contribution in [1.29, 1.82) is 0 Å². The molecule has 1 heterocycles. The lowest BCUT2D eigenvalue weighted by atomic mass is 10.1. The molecule has 0 saturated heterocycles. The number of aromatic hydroxyl groups is 1. The maximum atomic E-state index is 12.6. The van der Waals surface area contributed by atoms with Crippen LogP contribution >= 0.6 is 46.1 Å². The standard InChI is InChI=1S/C18H10Cl3N3O5S/c19-7-4-9(20)12(10(21)5-7)15(27)24-17-13(18(28)29)23-16(30-17)8-2-1-6(14(22)26)3-11(8)25/h1-5,25H,(H2,22,26)(H,24,27)(H,28,29). The number of rotatable bonds is 5. The predicted molar refractivity (Wildman–Crippen MR) is 114 cm³/mol. The van der Waals surface area contributed by atoms with E-state index in [-0.39, 0.29) is 47.5 Å². The van der Waals surface area contributed by atoms with Gasteiger partial charge < -0.3 is 21.3 Å². The number of nitrogens with one attached hydrogen (secondary N) is 1. The lowest BCUT2D eigenvalue weighted by Crippen LogP contribution is -2.14. The number of phenols is 1. The minimum absolute atomic E-state index is 0.0219. The van der Waals surface area contributed by atoms with Crippen LogP contribution in [-0.4, -0.2) is 33.0 Å². The summed E-state index contributed by atoms with van der Waals surface area (Å²) in [6, 6.07) is 6.48. The summed E-state index contributed by atoms with van der Waals surface area (Å²) in [5.74, 6) is -3.26. The minimum Gasteiger partial charge on any atom is -0.507 e. The molecular formula is C18H10Cl3N3O5S. The average Bonchev–Trinajstić information content (AvgIpc) is 3.04. The maximum Gasteiger partial charge on any atom is 0.357 e. The summed E-state index contributed by atoms with van der Waals surface area (Å²) >= 11 is 18.7. The van der Waals surface area contributed by atoms with Crippen molar-refractivity contribution in [1.82, 2.24) is 4.98 Å². The summed E-state index contributed by atoms with van der Waals surface area (Å²) in [4.78, 5) is 39.4. The van der Waals surface area contributed by atoms with E-state index < -0.39 is 23.5 Å². The Labute approximate surface area is 187 Å². The van der Waals surface area contributed by atoms with E-state index in [1.54, 1.807) is 0 Å². The van der Waals surface area contributed by atoms with Crippen molar-refractivity contribution >= 4 is 68.9 Å². The van der Waals surface area contributed by atoms with Gasteiger partial charge in [0.1, 0.15) is 15.8 Å². The van der Waals surface area contributed by atoms with Crippen LogP contribution < -0.4 is 11.1 Å². The van der Waals surface area contributed by atoms with Gasteiger partial charge in [0.25, 0.3) is 5.91 Å². The maximum absolute atomic E-state index is 12.6. The van der Waals surface area contributed by atoms with Crippen LogP contribution in [0.4, 0.5) is 5.00 Å². The molecule has 0 radical (unpaired) electrons. The van der Waals surface area contributed by atoms with Gasteiger partial charge in [-0.25, -0.2) is 9.78 Å². The molecule has 30 heavy (non-hydrogen) atoms. The number of anilines is 1. The fourth-order valence-corrected chi connectivity index (χ4v) is 4.43. The molecule has 3 aromatic rings. The van der Waals surface area contributed by atoms with Crippen LogP contribution in [0.25, 0.3) is 10.6 Å². The molecule has 0 fully saturated rings. The number of aromatic carboxylic acids is 1. The van der Waals surface area contributed by atoms with Crippen molar-refractivity contribution in [2.75, 3.05) is 5.32 Å². The van der Waals surface area contributed by atoms with E-state index in [4.69, 9.17) is 40.5 Å². The van der Waals surface area contributed by atoms with Crippen molar-refractivity contribution in [2.45, 2.75) is 0 Å². The monoisotopic (exact) mass is 485 g/mol. The van der Waals surface area contributed by atoms with Gasteiger partial charge in [0.15, 0.2) is 5.69 Å². The zero-order valence-electron chi connectivity index (χ0n) is 14.6. The number of carbonyl (C=O) groups is 3. The van der Waals surface area contributed by atoms with Crippen molar-refractivity contribution in [3.8, 4) is 16.3 Å². The number of thiazole rings is 1. The predicted octanol–water partition coefficient (Wildman–Crippen LogP) is 4.53. The SMILES string of the molecule is NC(=O)c1ccc(-c2nc(C(=O)O)c(NC(=O)c3c(Cl)cc(Cl)cc3Cl)s2)c(O)c1. The topological polar surface area (TPSA) is 143 Å². The second-order valence-corrected chi connectivity index (χ2v) is 8.05. The summed E-state index contributed by atoms with van der Waals surface area (Å²) in [6.07, 6.45) is 0. The molecule has 0 saturated carbocycles. The Morgan fingerprint density at radius 2 is 1.70 bits per heavy atom. The van der Waals surface area contributed by atoms with E-state index in [0.717, 1.165) is 17.4 Å². The highest BCUT2D eigenvalue weighted by molar-refractivity contribution is 7.19. The molecule has 0 aliphatic rings. The van der Waals surface area contributed by atoms with Crippen molar-refractivity contribution < 1.29 is 24.6 Å². The van der Waals surface area contributed by atoms with Crippen LogP contribution in [-0.2, 0) is 0 Å². The quantitative estimate of drug-likeness (QED) is 0.417. The highest BCUT2D eigenvalue weighted by Crippen LogP contribution is 2.38. The molecule has 1 aromatic heterocycles. The van der Waals surface area contributed by atoms with E-state index in [2.05, 4.69) is 10.3 Å². The Morgan fingerprint density at radius 3 is 2.23 bits per heavy atom. The molecule has 0 atom stereocenters. The van der Waals surface area contributed by atoms with Gasteiger partial charge in [-0.1, -0.05) is 46.1 Å². The number of nitrogens with two attached hydrogens (primary N) is 1. The van der Waals surface area contributed by atoms with Crippen molar-refractivity contribution in [3.63, 3.8) is 0 Å². The number of benzene rings is 2. The summed E-state index contributed by atoms with van der Waals surface area (Å²) in [5, 5.41) is 22.2. The first-order chi connectivity index (χ1) is 14.1. The molecule has 12 heteroatoms. The van der Waals surface area contributed by atoms with Crippen LogP contribution in [0.3, 0.4) is 0 Å². The number of nitrogens with zero attached hydrogens (tertiary/aromatic N) is 1. The third kappa shape index (κ3) is 4.34. The van der Waals surface area contributed by atoms with Gasteiger partial charge in [-0.3, -0.25) is 9.59 Å². The molecule has 0 aliphatic carbocycles. The molecular weight excluding hydrogens is 477 g/mol. The van der Waals surface area contributed by atoms with Gasteiger partial charge in [0.05, 0.1) is 21.2 Å². The van der Waals surface area contributed by atoms with Crippen LogP contribution in [0.2, 0.25) is 15.1 Å². The van der Waals surface area contributed by atoms with Gasteiger partial charge in [0, 0.05) is 10.6 Å². The summed E-state index contributed by atoms with van der Waals surface area (Å²) < 4.78 is 0. The number of hydrogen-bond donors (Lipinski definition) is 4. The molecule has 2 amide bonds. The number of halogens is 3. The van der Waals surface area contributed by atoms with Crippen LogP contribution in [0.15, 0.2) is 30.3 Å². The molecule has 0 unspecified atom stereocenters. The second kappa shape index (κ2) is 8.49. The fraction of sp³-hybridized carbons (Fsp3) is 0. The molecule has 5 N–H and O–H groups in total. The fourth-order valence-electron chi connectivity index (χ4n) is 2.46. The third-order valence-electron chi connectivity index (χ3n) is 3.80. The van der Waals surface area contributed by atoms with E-state index in [1.165, 1.54) is 24.3 Å².